The van der Waals surface area contributed by atoms with Gasteiger partial charge in [-0.1, -0.05) is 328 Å². The predicted octanol–water partition coefficient (Wildman–Crippen LogP) is 18.3. The molecule has 1 aliphatic heterocycles. The molecule has 0 bridgehead atoms. The molecule has 9 nitrogen and oxygen atoms in total. The Labute approximate surface area is 477 Å². The molecule has 1 heterocycles. The summed E-state index contributed by atoms with van der Waals surface area (Å²) in [6.07, 6.45) is 67.3. The normalized spacial score (nSPS) is 18.7. The van der Waals surface area contributed by atoms with Crippen molar-refractivity contribution in [2.24, 2.45) is 0 Å². The smallest absolute Gasteiger partial charge is 0.220 e. The number of ether oxygens (including phenoxy) is 2. The fraction of sp³-hybridized carbons (Fsp3) is 0.956. The summed E-state index contributed by atoms with van der Waals surface area (Å²) in [4.78, 5) is 13.1. The lowest BCUT2D eigenvalue weighted by molar-refractivity contribution is -0.302. The summed E-state index contributed by atoms with van der Waals surface area (Å²) in [6.45, 7) is 3.88. The number of aliphatic hydroxyl groups is 5. The number of rotatable bonds is 61. The van der Waals surface area contributed by atoms with Crippen molar-refractivity contribution in [3.05, 3.63) is 12.2 Å². The number of nitrogens with one attached hydrogen (secondary N) is 1. The van der Waals surface area contributed by atoms with E-state index in [9.17, 15) is 30.3 Å². The SMILES string of the molecule is CCCCCCCCCC/C=C\CCCCCCCCCCCCCCCCCCCCCCCCCCCCCC(=O)NC(COC1OC(CO)C(O)C(O)C1O)C(O)CCCCCCCCCCCCCCCCC. The van der Waals surface area contributed by atoms with Gasteiger partial charge in [0.25, 0.3) is 0 Å². The molecule has 1 fully saturated rings. The number of carbonyl (C=O) groups is 1. The molecule has 0 saturated carbocycles. The van der Waals surface area contributed by atoms with Crippen LogP contribution in [-0.4, -0.2) is 87.5 Å². The van der Waals surface area contributed by atoms with Crippen LogP contribution in [0.25, 0.3) is 0 Å². The van der Waals surface area contributed by atoms with Gasteiger partial charge in [0, 0.05) is 6.42 Å². The van der Waals surface area contributed by atoms with E-state index in [1.54, 1.807) is 0 Å². The Kier molecular flexibility index (Phi) is 55.8. The van der Waals surface area contributed by atoms with E-state index in [1.807, 2.05) is 0 Å². The molecule has 0 aromatic rings. The van der Waals surface area contributed by atoms with Crippen LogP contribution in [0.15, 0.2) is 12.2 Å². The lowest BCUT2D eigenvalue weighted by Gasteiger charge is -2.40. The van der Waals surface area contributed by atoms with Crippen LogP contribution in [0.3, 0.4) is 0 Å². The topological polar surface area (TPSA) is 149 Å². The summed E-state index contributed by atoms with van der Waals surface area (Å²) in [5.41, 5.74) is 0. The minimum atomic E-state index is -1.55. The number of aliphatic hydroxyl groups excluding tert-OH is 5. The molecule has 9 heteroatoms. The van der Waals surface area contributed by atoms with E-state index in [2.05, 4.69) is 31.3 Å². The van der Waals surface area contributed by atoms with E-state index < -0.39 is 49.5 Å². The van der Waals surface area contributed by atoms with Crippen molar-refractivity contribution in [2.75, 3.05) is 13.2 Å². The van der Waals surface area contributed by atoms with Crippen LogP contribution < -0.4 is 5.32 Å². The third-order valence-electron chi connectivity index (χ3n) is 16.9. The average Bonchev–Trinajstić information content (AvgIpc) is 3.43. The molecular formula is C68H133NO8. The molecule has 77 heavy (non-hydrogen) atoms. The number of hydrogen-bond donors (Lipinski definition) is 6. The minimum Gasteiger partial charge on any atom is -0.394 e. The van der Waals surface area contributed by atoms with Gasteiger partial charge >= 0.3 is 0 Å². The number of carbonyl (C=O) groups excluding carboxylic acids is 1. The van der Waals surface area contributed by atoms with Gasteiger partial charge in [0.1, 0.15) is 24.4 Å². The molecule has 458 valence electrons. The zero-order valence-electron chi connectivity index (χ0n) is 51.3. The van der Waals surface area contributed by atoms with E-state index in [4.69, 9.17) is 9.47 Å². The molecule has 1 saturated heterocycles. The van der Waals surface area contributed by atoms with Crippen molar-refractivity contribution in [1.82, 2.24) is 5.32 Å². The van der Waals surface area contributed by atoms with E-state index >= 15 is 0 Å². The number of hydrogen-bond acceptors (Lipinski definition) is 8. The van der Waals surface area contributed by atoms with Gasteiger partial charge in [0.2, 0.25) is 5.91 Å². The molecular weight excluding hydrogens is 959 g/mol. The second kappa shape index (κ2) is 58.1. The van der Waals surface area contributed by atoms with Crippen molar-refractivity contribution in [3.8, 4) is 0 Å². The molecule has 0 radical (unpaired) electrons. The van der Waals surface area contributed by atoms with Crippen LogP contribution in [0, 0.1) is 0 Å². The summed E-state index contributed by atoms with van der Waals surface area (Å²) in [5, 5.41) is 54.7. The molecule has 6 N–H and O–H groups in total. The Balaban J connectivity index is 2.01. The van der Waals surface area contributed by atoms with Gasteiger partial charge in [-0.15, -0.1) is 0 Å². The largest absolute Gasteiger partial charge is 0.394 e. The lowest BCUT2D eigenvalue weighted by Crippen LogP contribution is -2.60. The highest BCUT2D eigenvalue weighted by Crippen LogP contribution is 2.24. The highest BCUT2D eigenvalue weighted by molar-refractivity contribution is 5.76. The molecule has 0 aromatic carbocycles. The van der Waals surface area contributed by atoms with Crippen molar-refractivity contribution < 1.29 is 39.8 Å². The quantitative estimate of drug-likeness (QED) is 0.0261. The first-order valence-corrected chi connectivity index (χ1v) is 34.4. The van der Waals surface area contributed by atoms with Crippen LogP contribution >= 0.6 is 0 Å². The van der Waals surface area contributed by atoms with Gasteiger partial charge in [0.05, 0.1) is 25.4 Å². The number of amides is 1. The second-order valence-corrected chi connectivity index (χ2v) is 24.3. The number of allylic oxidation sites excluding steroid dienone is 2. The fourth-order valence-corrected chi connectivity index (χ4v) is 11.5. The monoisotopic (exact) mass is 1090 g/mol. The highest BCUT2D eigenvalue weighted by Gasteiger charge is 2.44. The summed E-state index contributed by atoms with van der Waals surface area (Å²) >= 11 is 0. The summed E-state index contributed by atoms with van der Waals surface area (Å²) in [6, 6.07) is -0.715. The van der Waals surface area contributed by atoms with Gasteiger partial charge in [-0.2, -0.15) is 0 Å². The van der Waals surface area contributed by atoms with Crippen LogP contribution in [0.2, 0.25) is 0 Å². The maximum Gasteiger partial charge on any atom is 0.220 e. The Morgan fingerprint density at radius 2 is 0.727 bits per heavy atom. The van der Waals surface area contributed by atoms with Crippen LogP contribution in [0.4, 0.5) is 0 Å². The van der Waals surface area contributed by atoms with Crippen molar-refractivity contribution in [2.45, 2.75) is 403 Å². The molecule has 1 rings (SSSR count). The maximum atomic E-state index is 13.1. The van der Waals surface area contributed by atoms with Gasteiger partial charge in [-0.3, -0.25) is 4.79 Å². The van der Waals surface area contributed by atoms with Crippen molar-refractivity contribution in [1.29, 1.82) is 0 Å². The molecule has 0 aromatic heterocycles. The second-order valence-electron chi connectivity index (χ2n) is 24.3. The van der Waals surface area contributed by atoms with Gasteiger partial charge < -0.3 is 40.3 Å². The zero-order chi connectivity index (χ0) is 55.8. The standard InChI is InChI=1S/C68H133NO8/c1-3-5-7-9-11-13-15-17-19-20-21-22-23-24-25-26-27-28-29-30-31-32-33-34-35-36-37-38-39-40-41-42-44-46-48-50-52-54-56-58-64(72)69-61(60-76-68-67(75)66(74)65(73)63(59-70)77-68)62(71)57-55-53-51-49-47-45-43-18-16-14-12-10-8-6-4-2/h20-21,61-63,65-68,70-71,73-75H,3-19,22-60H2,1-2H3,(H,69,72)/b21-20-. The van der Waals surface area contributed by atoms with Crippen LogP contribution in [0.5, 0.6) is 0 Å². The average molecular weight is 1090 g/mol. The molecule has 7 atom stereocenters. The first-order chi connectivity index (χ1) is 37.8. The first-order valence-electron chi connectivity index (χ1n) is 34.4. The minimum absolute atomic E-state index is 0.132. The predicted molar refractivity (Wildman–Crippen MR) is 327 cm³/mol. The van der Waals surface area contributed by atoms with Gasteiger partial charge in [-0.25, -0.2) is 0 Å². The zero-order valence-corrected chi connectivity index (χ0v) is 51.3. The Morgan fingerprint density at radius 3 is 1.05 bits per heavy atom. The Morgan fingerprint density at radius 1 is 0.429 bits per heavy atom. The van der Waals surface area contributed by atoms with Gasteiger partial charge in [0.15, 0.2) is 6.29 Å². The Bertz CT molecular complexity index is 1220. The van der Waals surface area contributed by atoms with E-state index in [1.165, 1.54) is 295 Å². The third kappa shape index (κ3) is 47.2. The maximum absolute atomic E-state index is 13.1. The van der Waals surface area contributed by atoms with Crippen LogP contribution in [0.1, 0.15) is 361 Å². The molecule has 0 spiro atoms. The number of unbranched alkanes of at least 4 members (excludes halogenated alkanes) is 49. The molecule has 0 aliphatic carbocycles. The summed E-state index contributed by atoms with van der Waals surface area (Å²) in [7, 11) is 0. The molecule has 7 unspecified atom stereocenters. The first kappa shape index (κ1) is 73.9. The molecule has 1 amide bonds. The Hall–Kier alpha value is -1.07. The highest BCUT2D eigenvalue weighted by atomic mass is 16.7. The fourth-order valence-electron chi connectivity index (χ4n) is 11.5. The molecule has 1 aliphatic rings. The van der Waals surface area contributed by atoms with Crippen LogP contribution in [-0.2, 0) is 14.3 Å². The van der Waals surface area contributed by atoms with Gasteiger partial charge in [-0.05, 0) is 38.5 Å². The van der Waals surface area contributed by atoms with Crippen molar-refractivity contribution in [3.63, 3.8) is 0 Å². The lowest BCUT2D eigenvalue weighted by atomic mass is 9.99. The van der Waals surface area contributed by atoms with Crippen molar-refractivity contribution >= 4 is 5.91 Å². The van der Waals surface area contributed by atoms with E-state index in [0.717, 1.165) is 38.5 Å². The third-order valence-corrected chi connectivity index (χ3v) is 16.9. The van der Waals surface area contributed by atoms with E-state index in [0.29, 0.717) is 12.8 Å². The summed E-state index contributed by atoms with van der Waals surface area (Å²) < 4.78 is 11.3. The summed E-state index contributed by atoms with van der Waals surface area (Å²) in [5.74, 6) is -0.136. The van der Waals surface area contributed by atoms with E-state index in [-0.39, 0.29) is 12.5 Å².